The quantitative estimate of drug-likeness (QED) is 0.684. The number of amides is 1. The van der Waals surface area contributed by atoms with E-state index in [1.807, 2.05) is 0 Å². The van der Waals surface area contributed by atoms with Crippen LogP contribution in [0.5, 0.6) is 0 Å². The zero-order chi connectivity index (χ0) is 12.3. The first-order chi connectivity index (χ1) is 8.16. The third kappa shape index (κ3) is 3.17. The molecule has 1 amide bonds. The van der Waals surface area contributed by atoms with Crippen molar-refractivity contribution in [3.63, 3.8) is 0 Å². The molecule has 6 heteroatoms. The Morgan fingerprint density at radius 3 is 3.06 bits per heavy atom. The summed E-state index contributed by atoms with van der Waals surface area (Å²) in [6.45, 7) is 2.63. The number of carboxylic acid groups (broad SMARTS) is 1. The Morgan fingerprint density at radius 2 is 2.41 bits per heavy atom. The lowest BCUT2D eigenvalue weighted by Crippen LogP contribution is -2.52. The minimum atomic E-state index is -0.996. The van der Waals surface area contributed by atoms with Crippen molar-refractivity contribution >= 4 is 11.9 Å². The van der Waals surface area contributed by atoms with E-state index < -0.39 is 12.1 Å². The monoisotopic (exact) mass is 242 g/mol. The lowest BCUT2D eigenvalue weighted by Gasteiger charge is -2.34. The van der Waals surface area contributed by atoms with Crippen molar-refractivity contribution in [2.24, 2.45) is 5.92 Å². The molecule has 0 aliphatic carbocycles. The Labute approximate surface area is 99.9 Å². The van der Waals surface area contributed by atoms with Gasteiger partial charge in [-0.15, -0.1) is 0 Å². The van der Waals surface area contributed by atoms with Gasteiger partial charge in [0.2, 0.25) is 5.91 Å². The van der Waals surface area contributed by atoms with Gasteiger partial charge in [0.1, 0.15) is 6.61 Å². The van der Waals surface area contributed by atoms with Crippen LogP contribution < -0.4 is 5.32 Å². The molecule has 2 aliphatic rings. The fourth-order valence-electron chi connectivity index (χ4n) is 2.34. The van der Waals surface area contributed by atoms with Gasteiger partial charge in [0, 0.05) is 6.54 Å². The molecule has 0 saturated carbocycles. The molecule has 6 nitrogen and oxygen atoms in total. The number of morpholine rings is 1. The third-order valence-electron chi connectivity index (χ3n) is 3.30. The van der Waals surface area contributed by atoms with Crippen molar-refractivity contribution in [3.05, 3.63) is 0 Å². The molecule has 2 saturated heterocycles. The Bertz CT molecular complexity index is 302. The van der Waals surface area contributed by atoms with E-state index in [0.717, 1.165) is 25.9 Å². The number of carbonyl (C=O) groups excluding carboxylic acids is 1. The molecule has 0 aromatic rings. The highest BCUT2D eigenvalue weighted by Gasteiger charge is 2.32. The van der Waals surface area contributed by atoms with Crippen LogP contribution >= 0.6 is 0 Å². The van der Waals surface area contributed by atoms with Gasteiger partial charge in [-0.05, 0) is 31.8 Å². The van der Waals surface area contributed by atoms with Gasteiger partial charge in [-0.1, -0.05) is 0 Å². The van der Waals surface area contributed by atoms with Gasteiger partial charge in [0.25, 0.3) is 0 Å². The van der Waals surface area contributed by atoms with E-state index >= 15 is 0 Å². The van der Waals surface area contributed by atoms with E-state index in [2.05, 4.69) is 5.32 Å². The number of aliphatic carboxylic acids is 1. The van der Waals surface area contributed by atoms with Gasteiger partial charge in [0.15, 0.2) is 6.10 Å². The molecule has 2 heterocycles. The number of piperidine rings is 1. The number of ether oxygens (including phenoxy) is 1. The summed E-state index contributed by atoms with van der Waals surface area (Å²) in [5, 5.41) is 12.2. The molecule has 0 spiro atoms. The van der Waals surface area contributed by atoms with E-state index in [9.17, 15) is 9.59 Å². The number of carboxylic acids is 1. The molecule has 0 bridgehead atoms. The number of rotatable bonds is 3. The molecule has 2 aliphatic heterocycles. The summed E-state index contributed by atoms with van der Waals surface area (Å²) in [6.07, 6.45) is 1.34. The minimum absolute atomic E-state index is 0.104. The predicted octanol–water partition coefficient (Wildman–Crippen LogP) is -0.702. The summed E-state index contributed by atoms with van der Waals surface area (Å²) < 4.78 is 4.96. The van der Waals surface area contributed by atoms with E-state index in [4.69, 9.17) is 9.84 Å². The Hall–Kier alpha value is -1.14. The smallest absolute Gasteiger partial charge is 0.334 e. The number of carbonyl (C=O) groups is 2. The zero-order valence-corrected chi connectivity index (χ0v) is 9.72. The van der Waals surface area contributed by atoms with Gasteiger partial charge in [0.05, 0.1) is 6.54 Å². The molecule has 2 unspecified atom stereocenters. The normalized spacial score (nSPS) is 30.4. The van der Waals surface area contributed by atoms with Crippen LogP contribution in [0.25, 0.3) is 0 Å². The number of hydrogen-bond donors (Lipinski definition) is 2. The van der Waals surface area contributed by atoms with Crippen molar-refractivity contribution in [2.45, 2.75) is 18.9 Å². The van der Waals surface area contributed by atoms with Crippen LogP contribution in [0.4, 0.5) is 0 Å². The highest BCUT2D eigenvalue weighted by atomic mass is 16.5. The summed E-state index contributed by atoms with van der Waals surface area (Å²) >= 11 is 0. The van der Waals surface area contributed by atoms with Crippen LogP contribution in [0.15, 0.2) is 0 Å². The third-order valence-corrected chi connectivity index (χ3v) is 3.30. The Balaban J connectivity index is 1.88. The molecule has 96 valence electrons. The minimum Gasteiger partial charge on any atom is -0.479 e. The Kier molecular flexibility index (Phi) is 3.96. The van der Waals surface area contributed by atoms with Crippen LogP contribution in [0.1, 0.15) is 12.8 Å². The van der Waals surface area contributed by atoms with E-state index in [1.165, 1.54) is 0 Å². The molecule has 0 aromatic carbocycles. The summed E-state index contributed by atoms with van der Waals surface area (Å²) in [4.78, 5) is 24.1. The van der Waals surface area contributed by atoms with Crippen LogP contribution in [0.2, 0.25) is 0 Å². The van der Waals surface area contributed by atoms with Gasteiger partial charge in [-0.3, -0.25) is 4.79 Å². The molecule has 0 aromatic heterocycles. The molecular weight excluding hydrogens is 224 g/mol. The lowest BCUT2D eigenvalue weighted by atomic mass is 9.98. The topological polar surface area (TPSA) is 78.9 Å². The van der Waals surface area contributed by atoms with Crippen LogP contribution in [0, 0.1) is 5.92 Å². The molecule has 2 N–H and O–H groups in total. The van der Waals surface area contributed by atoms with Gasteiger partial charge < -0.3 is 20.1 Å². The van der Waals surface area contributed by atoms with Crippen molar-refractivity contribution in [2.75, 3.05) is 32.8 Å². The van der Waals surface area contributed by atoms with Crippen LogP contribution in [0.3, 0.4) is 0 Å². The maximum Gasteiger partial charge on any atom is 0.334 e. The first-order valence-electron chi connectivity index (χ1n) is 5.99. The molecule has 2 rings (SSSR count). The van der Waals surface area contributed by atoms with E-state index in [0.29, 0.717) is 12.5 Å². The SMILES string of the molecule is O=C(O)C1CN(CC2CCCNC2)C(=O)CO1. The largest absolute Gasteiger partial charge is 0.479 e. The maximum absolute atomic E-state index is 11.6. The van der Waals surface area contributed by atoms with Crippen molar-refractivity contribution < 1.29 is 19.4 Å². The average Bonchev–Trinajstić information content (AvgIpc) is 2.33. The van der Waals surface area contributed by atoms with Gasteiger partial charge in [-0.2, -0.15) is 0 Å². The van der Waals surface area contributed by atoms with Crippen molar-refractivity contribution in [1.82, 2.24) is 10.2 Å². The molecule has 0 radical (unpaired) electrons. The summed E-state index contributed by atoms with van der Waals surface area (Å²) in [5.74, 6) is -0.669. The zero-order valence-electron chi connectivity index (χ0n) is 9.72. The van der Waals surface area contributed by atoms with E-state index in [1.54, 1.807) is 4.90 Å². The first kappa shape index (κ1) is 12.3. The molecular formula is C11H18N2O4. The summed E-state index contributed by atoms with van der Waals surface area (Å²) in [5.41, 5.74) is 0. The van der Waals surface area contributed by atoms with Gasteiger partial charge in [-0.25, -0.2) is 4.79 Å². The first-order valence-corrected chi connectivity index (χ1v) is 5.99. The fourth-order valence-corrected chi connectivity index (χ4v) is 2.34. The number of nitrogens with one attached hydrogen (secondary N) is 1. The summed E-state index contributed by atoms with van der Waals surface area (Å²) in [7, 11) is 0. The number of hydrogen-bond acceptors (Lipinski definition) is 4. The average molecular weight is 242 g/mol. The second-order valence-corrected chi connectivity index (χ2v) is 4.65. The molecule has 2 atom stereocenters. The predicted molar refractivity (Wildman–Crippen MR) is 59.5 cm³/mol. The highest BCUT2D eigenvalue weighted by Crippen LogP contribution is 2.15. The van der Waals surface area contributed by atoms with Crippen molar-refractivity contribution in [1.29, 1.82) is 0 Å². The standard InChI is InChI=1S/C11H18N2O4/c14-10-7-17-9(11(15)16)6-13(10)5-8-2-1-3-12-4-8/h8-9,12H,1-7H2,(H,15,16). The maximum atomic E-state index is 11.6. The van der Waals surface area contributed by atoms with Crippen molar-refractivity contribution in [3.8, 4) is 0 Å². The van der Waals surface area contributed by atoms with Gasteiger partial charge >= 0.3 is 5.97 Å². The van der Waals surface area contributed by atoms with Crippen LogP contribution in [-0.4, -0.2) is 60.8 Å². The van der Waals surface area contributed by atoms with E-state index in [-0.39, 0.29) is 19.1 Å². The molecule has 17 heavy (non-hydrogen) atoms. The second kappa shape index (κ2) is 5.46. The lowest BCUT2D eigenvalue weighted by molar-refractivity contribution is -0.165. The van der Waals surface area contributed by atoms with Crippen LogP contribution in [-0.2, 0) is 14.3 Å². The molecule has 2 fully saturated rings. The number of nitrogens with zero attached hydrogens (tertiary/aromatic N) is 1. The fraction of sp³-hybridized carbons (Fsp3) is 0.818. The highest BCUT2D eigenvalue weighted by molar-refractivity contribution is 5.81. The Morgan fingerprint density at radius 1 is 1.59 bits per heavy atom. The summed E-state index contributed by atoms with van der Waals surface area (Å²) in [6, 6.07) is 0. The second-order valence-electron chi connectivity index (χ2n) is 4.65.